The lowest BCUT2D eigenvalue weighted by Crippen LogP contribution is -2.05. The van der Waals surface area contributed by atoms with Gasteiger partial charge >= 0.3 is 0 Å². The van der Waals surface area contributed by atoms with Gasteiger partial charge in [-0.2, -0.15) is 4.37 Å². The van der Waals surface area contributed by atoms with E-state index in [4.69, 9.17) is 9.47 Å². The number of ether oxygens (including phenoxy) is 2. The SMILES string of the molecule is COc1cc2c(cc1CNc1nc(C)ns1)O[C@@H](C)C2. The number of fused-ring (bicyclic) bond motifs is 1. The minimum Gasteiger partial charge on any atom is -0.496 e. The Kier molecular flexibility index (Phi) is 3.48. The molecule has 1 aliphatic rings. The molecule has 1 aliphatic heterocycles. The predicted octanol–water partition coefficient (Wildman–Crippen LogP) is 2.79. The molecule has 20 heavy (non-hydrogen) atoms. The zero-order chi connectivity index (χ0) is 14.1. The van der Waals surface area contributed by atoms with Crippen LogP contribution in [0.25, 0.3) is 0 Å². The van der Waals surface area contributed by atoms with Crippen molar-refractivity contribution in [1.82, 2.24) is 9.36 Å². The molecule has 6 heteroatoms. The van der Waals surface area contributed by atoms with E-state index in [2.05, 4.69) is 33.7 Å². The van der Waals surface area contributed by atoms with Crippen molar-refractivity contribution in [3.8, 4) is 11.5 Å². The van der Waals surface area contributed by atoms with Crippen molar-refractivity contribution < 1.29 is 9.47 Å². The van der Waals surface area contributed by atoms with E-state index in [0.29, 0.717) is 6.54 Å². The molecule has 0 saturated carbocycles. The van der Waals surface area contributed by atoms with Crippen LogP contribution in [0.5, 0.6) is 11.5 Å². The molecule has 1 aromatic heterocycles. The number of aryl methyl sites for hydroxylation is 1. The lowest BCUT2D eigenvalue weighted by atomic mass is 10.1. The maximum atomic E-state index is 5.79. The Morgan fingerprint density at radius 2 is 2.35 bits per heavy atom. The van der Waals surface area contributed by atoms with E-state index in [1.54, 1.807) is 7.11 Å². The lowest BCUT2D eigenvalue weighted by Gasteiger charge is -2.11. The van der Waals surface area contributed by atoms with Crippen LogP contribution in [0.1, 0.15) is 23.9 Å². The van der Waals surface area contributed by atoms with Crippen LogP contribution in [0.3, 0.4) is 0 Å². The summed E-state index contributed by atoms with van der Waals surface area (Å²) in [6.07, 6.45) is 1.18. The lowest BCUT2D eigenvalue weighted by molar-refractivity contribution is 0.254. The highest BCUT2D eigenvalue weighted by Crippen LogP contribution is 2.35. The molecule has 0 unspecified atom stereocenters. The number of benzene rings is 1. The third kappa shape index (κ3) is 2.56. The summed E-state index contributed by atoms with van der Waals surface area (Å²) < 4.78 is 15.4. The second-order valence-electron chi connectivity index (χ2n) is 4.90. The molecule has 0 fully saturated rings. The van der Waals surface area contributed by atoms with Gasteiger partial charge in [-0.15, -0.1) is 0 Å². The van der Waals surface area contributed by atoms with Crippen LogP contribution >= 0.6 is 11.5 Å². The normalized spacial score (nSPS) is 16.6. The Morgan fingerprint density at radius 3 is 3.05 bits per heavy atom. The topological polar surface area (TPSA) is 56.3 Å². The molecule has 2 aromatic rings. The number of hydrogen-bond acceptors (Lipinski definition) is 6. The van der Waals surface area contributed by atoms with Gasteiger partial charge in [0, 0.05) is 35.6 Å². The van der Waals surface area contributed by atoms with Crippen LogP contribution in [0.2, 0.25) is 0 Å². The Hall–Kier alpha value is -1.82. The molecule has 1 N–H and O–H groups in total. The quantitative estimate of drug-likeness (QED) is 0.938. The van der Waals surface area contributed by atoms with Gasteiger partial charge in [-0.3, -0.25) is 0 Å². The summed E-state index contributed by atoms with van der Waals surface area (Å²) in [7, 11) is 1.69. The van der Waals surface area contributed by atoms with Crippen LogP contribution in [-0.2, 0) is 13.0 Å². The largest absolute Gasteiger partial charge is 0.496 e. The molecule has 0 aliphatic carbocycles. The van der Waals surface area contributed by atoms with Gasteiger partial charge in [0.2, 0.25) is 5.13 Å². The summed E-state index contributed by atoms with van der Waals surface area (Å²) >= 11 is 1.36. The molecule has 0 amide bonds. The molecule has 0 spiro atoms. The van der Waals surface area contributed by atoms with Crippen LogP contribution in [0, 0.1) is 6.92 Å². The fourth-order valence-corrected chi connectivity index (χ4v) is 2.92. The van der Waals surface area contributed by atoms with Gasteiger partial charge in [-0.1, -0.05) is 0 Å². The molecule has 1 atom stereocenters. The highest BCUT2D eigenvalue weighted by atomic mass is 32.1. The third-order valence-electron chi connectivity index (χ3n) is 3.26. The van der Waals surface area contributed by atoms with Crippen molar-refractivity contribution in [1.29, 1.82) is 0 Å². The first kappa shape index (κ1) is 13.2. The number of hydrogen-bond donors (Lipinski definition) is 1. The van der Waals surface area contributed by atoms with Gasteiger partial charge in [0.1, 0.15) is 23.4 Å². The minimum atomic E-state index is 0.240. The van der Waals surface area contributed by atoms with Gasteiger partial charge in [-0.05, 0) is 26.0 Å². The van der Waals surface area contributed by atoms with Crippen LogP contribution in [-0.4, -0.2) is 22.6 Å². The van der Waals surface area contributed by atoms with E-state index < -0.39 is 0 Å². The van der Waals surface area contributed by atoms with E-state index in [0.717, 1.165) is 34.4 Å². The predicted molar refractivity (Wildman–Crippen MR) is 78.8 cm³/mol. The van der Waals surface area contributed by atoms with Crippen LogP contribution in [0.4, 0.5) is 5.13 Å². The van der Waals surface area contributed by atoms with Crippen molar-refractivity contribution in [2.45, 2.75) is 32.9 Å². The molecular formula is C14H17N3O2S. The second kappa shape index (κ2) is 5.28. The summed E-state index contributed by atoms with van der Waals surface area (Å²) in [5.74, 6) is 2.63. The molecule has 5 nitrogen and oxygen atoms in total. The fraction of sp³-hybridized carbons (Fsp3) is 0.429. The standard InChI is InChI=1S/C14H17N3O2S/c1-8-4-10-5-12(18-3)11(6-13(10)19-8)7-15-14-16-9(2)17-20-14/h5-6,8H,4,7H2,1-3H3,(H,15,16,17)/t8-/m0/s1. The van der Waals surface area contributed by atoms with Crippen molar-refractivity contribution in [2.75, 3.05) is 12.4 Å². The van der Waals surface area contributed by atoms with E-state index >= 15 is 0 Å². The monoisotopic (exact) mass is 291 g/mol. The highest BCUT2D eigenvalue weighted by Gasteiger charge is 2.21. The number of methoxy groups -OCH3 is 1. The minimum absolute atomic E-state index is 0.240. The Bertz CT molecular complexity index is 627. The van der Waals surface area contributed by atoms with Gasteiger partial charge in [0.25, 0.3) is 0 Å². The molecule has 1 aromatic carbocycles. The Labute approximate surface area is 122 Å². The van der Waals surface area contributed by atoms with Gasteiger partial charge < -0.3 is 14.8 Å². The van der Waals surface area contributed by atoms with E-state index in [9.17, 15) is 0 Å². The number of nitrogens with zero attached hydrogens (tertiary/aromatic N) is 2. The smallest absolute Gasteiger partial charge is 0.202 e. The summed E-state index contributed by atoms with van der Waals surface area (Å²) in [5, 5.41) is 4.09. The van der Waals surface area contributed by atoms with Gasteiger partial charge in [0.05, 0.1) is 7.11 Å². The summed E-state index contributed by atoms with van der Waals surface area (Å²) in [4.78, 5) is 4.29. The maximum absolute atomic E-state index is 5.79. The average molecular weight is 291 g/mol. The zero-order valence-electron chi connectivity index (χ0n) is 11.8. The first-order valence-electron chi connectivity index (χ1n) is 6.56. The van der Waals surface area contributed by atoms with Crippen molar-refractivity contribution in [2.24, 2.45) is 0 Å². The average Bonchev–Trinajstić information content (AvgIpc) is 2.99. The van der Waals surface area contributed by atoms with Gasteiger partial charge in [-0.25, -0.2) is 4.98 Å². The number of aromatic nitrogens is 2. The van der Waals surface area contributed by atoms with Crippen molar-refractivity contribution in [3.05, 3.63) is 29.1 Å². The highest BCUT2D eigenvalue weighted by molar-refractivity contribution is 7.09. The van der Waals surface area contributed by atoms with Gasteiger partial charge in [0.15, 0.2) is 0 Å². The van der Waals surface area contributed by atoms with Crippen LogP contribution in [0.15, 0.2) is 12.1 Å². The second-order valence-corrected chi connectivity index (χ2v) is 5.66. The number of anilines is 1. The van der Waals surface area contributed by atoms with Crippen molar-refractivity contribution in [3.63, 3.8) is 0 Å². The van der Waals surface area contributed by atoms with E-state index in [1.807, 2.05) is 6.92 Å². The summed E-state index contributed by atoms with van der Waals surface area (Å²) in [6.45, 7) is 4.60. The molecule has 0 radical (unpaired) electrons. The maximum Gasteiger partial charge on any atom is 0.202 e. The molecular weight excluding hydrogens is 274 g/mol. The Balaban J connectivity index is 1.80. The Morgan fingerprint density at radius 1 is 1.50 bits per heavy atom. The van der Waals surface area contributed by atoms with Crippen molar-refractivity contribution >= 4 is 16.7 Å². The zero-order valence-corrected chi connectivity index (χ0v) is 12.6. The van der Waals surface area contributed by atoms with E-state index in [1.165, 1.54) is 17.1 Å². The fourth-order valence-electron chi connectivity index (χ4n) is 2.35. The first-order valence-corrected chi connectivity index (χ1v) is 7.33. The molecule has 3 rings (SSSR count). The van der Waals surface area contributed by atoms with E-state index in [-0.39, 0.29) is 6.10 Å². The summed E-state index contributed by atoms with van der Waals surface area (Å²) in [5.41, 5.74) is 2.28. The molecule has 0 bridgehead atoms. The molecule has 2 heterocycles. The summed E-state index contributed by atoms with van der Waals surface area (Å²) in [6, 6.07) is 4.12. The number of rotatable bonds is 4. The van der Waals surface area contributed by atoms with Crippen LogP contribution < -0.4 is 14.8 Å². The first-order chi connectivity index (χ1) is 9.65. The molecule has 106 valence electrons. The molecule has 0 saturated heterocycles. The third-order valence-corrected chi connectivity index (χ3v) is 4.02. The number of nitrogens with one attached hydrogen (secondary N) is 1.